The quantitative estimate of drug-likeness (QED) is 0.141. The van der Waals surface area contributed by atoms with E-state index in [4.69, 9.17) is 19.7 Å². The number of aliphatic hydroxyl groups is 1. The molecule has 3 atom stereocenters. The van der Waals surface area contributed by atoms with E-state index in [1.165, 1.54) is 0 Å². The molecule has 4 rings (SSSR count). The maximum Gasteiger partial charge on any atom is 0.321 e. The molecule has 2 heterocycles. The Balaban J connectivity index is 1.36. The standard InChI is InChI=1S/C27H33FN6O7S2/c1-16(2)24(12-30-23(26(36)37)9-17-3-5-19(6-4-17)41-21(11-28)14-35)34-13-18(32-33-34)15-40-20-7-8-22-25(10-20)42-27(31-22)43(29,38)39/h3-8,10,13,16,21,23-24,30,35H,9,11-12,14-15H2,1-2H3,(H,36,37)(H2,29,38,39)/t21?,23-,24+/m0/s1. The van der Waals surface area contributed by atoms with Gasteiger partial charge in [-0.3, -0.25) is 4.79 Å². The molecule has 0 aliphatic rings. The highest BCUT2D eigenvalue weighted by molar-refractivity contribution is 7.91. The van der Waals surface area contributed by atoms with Gasteiger partial charge in [-0.05, 0) is 48.2 Å². The molecule has 0 aliphatic heterocycles. The minimum Gasteiger partial charge on any atom is -0.487 e. The molecule has 0 spiro atoms. The molecule has 0 fully saturated rings. The summed E-state index contributed by atoms with van der Waals surface area (Å²) in [4.78, 5) is 16.0. The van der Waals surface area contributed by atoms with Crippen LogP contribution in [0.1, 0.15) is 31.1 Å². The number of aliphatic carboxylic acids is 1. The van der Waals surface area contributed by atoms with Crippen LogP contribution >= 0.6 is 11.3 Å². The van der Waals surface area contributed by atoms with Crippen molar-refractivity contribution in [3.8, 4) is 11.5 Å². The van der Waals surface area contributed by atoms with Crippen molar-refractivity contribution < 1.29 is 37.3 Å². The van der Waals surface area contributed by atoms with Crippen molar-refractivity contribution in [1.82, 2.24) is 25.3 Å². The Morgan fingerprint density at radius 1 is 1.19 bits per heavy atom. The number of hydrogen-bond donors (Lipinski definition) is 4. The van der Waals surface area contributed by atoms with Crippen LogP contribution in [-0.4, -0.2) is 76.6 Å². The molecular weight excluding hydrogens is 603 g/mol. The number of hydrogen-bond acceptors (Lipinski definition) is 11. The van der Waals surface area contributed by atoms with Gasteiger partial charge in [0.1, 0.15) is 42.6 Å². The van der Waals surface area contributed by atoms with E-state index in [1.807, 2.05) is 13.8 Å². The summed E-state index contributed by atoms with van der Waals surface area (Å²) in [5.74, 6) is -0.0485. The molecule has 4 aromatic rings. The molecule has 43 heavy (non-hydrogen) atoms. The Labute approximate surface area is 251 Å². The highest BCUT2D eigenvalue weighted by atomic mass is 32.2. The van der Waals surface area contributed by atoms with E-state index in [-0.39, 0.29) is 29.3 Å². The number of aliphatic hydroxyl groups excluding tert-OH is 1. The number of aromatic nitrogens is 4. The maximum atomic E-state index is 12.8. The van der Waals surface area contributed by atoms with E-state index in [1.54, 1.807) is 53.3 Å². The Morgan fingerprint density at radius 2 is 1.91 bits per heavy atom. The van der Waals surface area contributed by atoms with Crippen LogP contribution in [0, 0.1) is 5.92 Å². The van der Waals surface area contributed by atoms with E-state index in [9.17, 15) is 22.7 Å². The summed E-state index contributed by atoms with van der Waals surface area (Å²) >= 11 is 0.954. The number of primary sulfonamides is 1. The SMILES string of the molecule is CC(C)[C@@H](CN[C@@H](Cc1ccc(OC(CO)CF)cc1)C(=O)O)n1cc(COc2ccc3nc(S(N)(=O)=O)sc3c2)nn1. The molecule has 0 amide bonds. The van der Waals surface area contributed by atoms with Gasteiger partial charge in [0.25, 0.3) is 10.0 Å². The van der Waals surface area contributed by atoms with Crippen molar-refractivity contribution in [2.24, 2.45) is 11.1 Å². The molecule has 0 bridgehead atoms. The van der Waals surface area contributed by atoms with Crippen molar-refractivity contribution in [2.75, 3.05) is 19.8 Å². The van der Waals surface area contributed by atoms with Crippen LogP contribution in [0.15, 0.2) is 53.0 Å². The fourth-order valence-electron chi connectivity index (χ4n) is 4.19. The lowest BCUT2D eigenvalue weighted by Crippen LogP contribution is -2.42. The molecule has 5 N–H and O–H groups in total. The number of nitrogens with one attached hydrogen (secondary N) is 1. The first-order valence-corrected chi connectivity index (χ1v) is 15.7. The summed E-state index contributed by atoms with van der Waals surface area (Å²) in [6, 6.07) is 10.5. The van der Waals surface area contributed by atoms with E-state index < -0.39 is 41.4 Å². The monoisotopic (exact) mass is 636 g/mol. The fraction of sp³-hybridized carbons (Fsp3) is 0.407. The number of nitrogens with zero attached hydrogens (tertiary/aromatic N) is 4. The molecule has 16 heteroatoms. The van der Waals surface area contributed by atoms with Gasteiger partial charge in [0.05, 0.1) is 29.1 Å². The Morgan fingerprint density at radius 3 is 2.53 bits per heavy atom. The van der Waals surface area contributed by atoms with Crippen LogP contribution in [0.5, 0.6) is 11.5 Å². The Hall–Kier alpha value is -3.70. The smallest absolute Gasteiger partial charge is 0.321 e. The van der Waals surface area contributed by atoms with Crippen molar-refractivity contribution in [3.05, 3.63) is 59.9 Å². The summed E-state index contributed by atoms with van der Waals surface area (Å²) < 4.78 is 49.3. The minimum atomic E-state index is -3.90. The second-order valence-corrected chi connectivity index (χ2v) is 12.9. The summed E-state index contributed by atoms with van der Waals surface area (Å²) in [5.41, 5.74) is 1.79. The molecule has 2 aromatic carbocycles. The van der Waals surface area contributed by atoms with Crippen LogP contribution in [-0.2, 0) is 27.8 Å². The van der Waals surface area contributed by atoms with Gasteiger partial charge in [-0.15, -0.1) is 16.4 Å². The first kappa shape index (κ1) is 32.2. The molecule has 232 valence electrons. The van der Waals surface area contributed by atoms with Gasteiger partial charge < -0.3 is 25.0 Å². The lowest BCUT2D eigenvalue weighted by Gasteiger charge is -2.24. The number of rotatable bonds is 16. The van der Waals surface area contributed by atoms with Gasteiger partial charge in [0.15, 0.2) is 0 Å². The predicted octanol–water partition coefficient (Wildman–Crippen LogP) is 2.31. The molecule has 13 nitrogen and oxygen atoms in total. The van der Waals surface area contributed by atoms with Crippen molar-refractivity contribution in [1.29, 1.82) is 0 Å². The fourth-order valence-corrected chi connectivity index (χ4v) is 5.87. The normalized spacial score (nSPS) is 14.1. The summed E-state index contributed by atoms with van der Waals surface area (Å²) in [5, 5.41) is 35.7. The second kappa shape index (κ2) is 14.2. The van der Waals surface area contributed by atoms with E-state index in [2.05, 4.69) is 20.6 Å². The third-order valence-corrected chi connectivity index (χ3v) is 8.89. The summed E-state index contributed by atoms with van der Waals surface area (Å²) in [7, 11) is -3.90. The van der Waals surface area contributed by atoms with Gasteiger partial charge in [0.2, 0.25) is 4.34 Å². The second-order valence-electron chi connectivity index (χ2n) is 10.2. The average molecular weight is 637 g/mol. The highest BCUT2D eigenvalue weighted by Gasteiger charge is 2.23. The van der Waals surface area contributed by atoms with E-state index >= 15 is 0 Å². The molecule has 0 radical (unpaired) electrons. The number of halogens is 1. The maximum absolute atomic E-state index is 12.8. The number of carboxylic acid groups (broad SMARTS) is 1. The summed E-state index contributed by atoms with van der Waals surface area (Å²) in [6.45, 7) is 3.13. The molecule has 0 saturated carbocycles. The number of benzene rings is 2. The van der Waals surface area contributed by atoms with Crippen LogP contribution in [0.2, 0.25) is 0 Å². The highest BCUT2D eigenvalue weighted by Crippen LogP contribution is 2.28. The zero-order chi connectivity index (χ0) is 31.1. The predicted molar refractivity (Wildman–Crippen MR) is 156 cm³/mol. The first-order chi connectivity index (χ1) is 20.5. The zero-order valence-corrected chi connectivity index (χ0v) is 25.1. The third kappa shape index (κ3) is 8.67. The largest absolute Gasteiger partial charge is 0.487 e. The van der Waals surface area contributed by atoms with Gasteiger partial charge in [-0.1, -0.05) is 31.2 Å². The van der Waals surface area contributed by atoms with Gasteiger partial charge in [-0.2, -0.15) is 0 Å². The number of fused-ring (bicyclic) bond motifs is 1. The molecule has 1 unspecified atom stereocenters. The lowest BCUT2D eigenvalue weighted by atomic mass is 10.0. The van der Waals surface area contributed by atoms with E-state index in [0.717, 1.165) is 16.9 Å². The van der Waals surface area contributed by atoms with Gasteiger partial charge in [0, 0.05) is 6.54 Å². The van der Waals surface area contributed by atoms with Gasteiger partial charge >= 0.3 is 5.97 Å². The minimum absolute atomic E-state index is 0.0885. The number of ether oxygens (including phenoxy) is 2. The number of carboxylic acids is 1. The number of sulfonamides is 1. The van der Waals surface area contributed by atoms with Crippen molar-refractivity contribution in [3.63, 3.8) is 0 Å². The lowest BCUT2D eigenvalue weighted by molar-refractivity contribution is -0.139. The van der Waals surface area contributed by atoms with E-state index in [0.29, 0.717) is 34.0 Å². The topological polar surface area (TPSA) is 192 Å². The molecule has 0 aliphatic carbocycles. The average Bonchev–Trinajstić information content (AvgIpc) is 3.62. The first-order valence-electron chi connectivity index (χ1n) is 13.3. The molecule has 2 aromatic heterocycles. The number of alkyl halides is 1. The van der Waals surface area contributed by atoms with Gasteiger partial charge in [-0.25, -0.2) is 27.6 Å². The number of thiazole rings is 1. The number of nitrogens with two attached hydrogens (primary N) is 1. The van der Waals surface area contributed by atoms with Crippen molar-refractivity contribution in [2.45, 2.75) is 49.4 Å². The zero-order valence-electron chi connectivity index (χ0n) is 23.5. The van der Waals surface area contributed by atoms with Crippen LogP contribution < -0.4 is 19.9 Å². The Bertz CT molecular complexity index is 1620. The Kier molecular flexibility index (Phi) is 10.6. The van der Waals surface area contributed by atoms with Crippen LogP contribution in [0.25, 0.3) is 10.2 Å². The summed E-state index contributed by atoms with van der Waals surface area (Å²) in [6.07, 6.45) is 0.992. The van der Waals surface area contributed by atoms with Crippen LogP contribution in [0.3, 0.4) is 0 Å². The third-order valence-electron chi connectivity index (χ3n) is 6.55. The molecular formula is C27H33FN6O7S2. The number of carbonyl (C=O) groups is 1. The van der Waals surface area contributed by atoms with Crippen LogP contribution in [0.4, 0.5) is 4.39 Å². The van der Waals surface area contributed by atoms with Crippen molar-refractivity contribution >= 4 is 37.5 Å². The molecule has 0 saturated heterocycles.